The second kappa shape index (κ2) is 16.9. The van der Waals surface area contributed by atoms with Crippen LogP contribution >= 0.6 is 0 Å². The molecule has 0 N–H and O–H groups in total. The summed E-state index contributed by atoms with van der Waals surface area (Å²) in [5.41, 5.74) is 4.24. The quantitative estimate of drug-likeness (QED) is 0.135. The molecule has 0 amide bonds. The molecule has 6 nitrogen and oxygen atoms in total. The van der Waals surface area contributed by atoms with Crippen LogP contribution in [0.25, 0.3) is 0 Å². The zero-order valence-electron chi connectivity index (χ0n) is 24.4. The average Bonchev–Trinajstić information content (AvgIpc) is 3.07. The van der Waals surface area contributed by atoms with Gasteiger partial charge >= 0.3 is 0 Å². The van der Waals surface area contributed by atoms with E-state index in [1.807, 2.05) is 121 Å². The molecule has 1 aliphatic rings. The van der Waals surface area contributed by atoms with Crippen LogP contribution in [0.2, 0.25) is 0 Å². The van der Waals surface area contributed by atoms with Gasteiger partial charge < -0.3 is 28.4 Å². The molecule has 0 bridgehead atoms. The number of ether oxygens (including phenoxy) is 6. The third-order valence-corrected chi connectivity index (χ3v) is 7.22. The summed E-state index contributed by atoms with van der Waals surface area (Å²) in [5.74, 6) is 0. The third-order valence-electron chi connectivity index (χ3n) is 7.22. The molecular weight excluding hydrogens is 540 g/mol. The van der Waals surface area contributed by atoms with E-state index < -0.39 is 30.7 Å². The van der Waals surface area contributed by atoms with Crippen LogP contribution in [0, 0.1) is 0 Å². The Labute approximate surface area is 254 Å². The van der Waals surface area contributed by atoms with E-state index >= 15 is 0 Å². The van der Waals surface area contributed by atoms with Crippen molar-refractivity contribution in [2.75, 3.05) is 13.2 Å². The van der Waals surface area contributed by atoms with Crippen LogP contribution < -0.4 is 0 Å². The second-order valence-corrected chi connectivity index (χ2v) is 10.4. The maximum Gasteiger partial charge on any atom is 0.187 e. The smallest absolute Gasteiger partial charge is 0.187 e. The normalized spacial score (nSPS) is 21.8. The van der Waals surface area contributed by atoms with E-state index in [1.54, 1.807) is 6.08 Å². The van der Waals surface area contributed by atoms with Gasteiger partial charge in [-0.15, -0.1) is 6.58 Å². The lowest BCUT2D eigenvalue weighted by Crippen LogP contribution is -2.61. The molecule has 0 aromatic heterocycles. The first-order chi connectivity index (χ1) is 21.3. The Morgan fingerprint density at radius 2 is 0.930 bits per heavy atom. The average molecular weight is 581 g/mol. The molecule has 1 unspecified atom stereocenters. The Balaban J connectivity index is 1.41. The maximum absolute atomic E-state index is 6.68. The predicted octanol–water partition coefficient (Wildman–Crippen LogP) is 6.89. The van der Waals surface area contributed by atoms with Crippen LogP contribution in [0.4, 0.5) is 0 Å². The van der Waals surface area contributed by atoms with Gasteiger partial charge in [-0.2, -0.15) is 0 Å². The standard InChI is InChI=1S/C37H40O6/c1-2-23-39-37-36(42-27-32-21-13-6-14-22-32)35(41-26-31-19-11-5-12-20-31)34(40-25-30-17-9-4-10-18-30)33(43-37)28-38-24-29-15-7-3-8-16-29/h2-22,33-37H,1,23-28H2/t33-,34+,35+,36+,37?/m1/s1. The van der Waals surface area contributed by atoms with E-state index in [4.69, 9.17) is 28.4 Å². The highest BCUT2D eigenvalue weighted by Crippen LogP contribution is 2.31. The molecule has 4 aromatic rings. The number of hydrogen-bond donors (Lipinski definition) is 0. The molecular formula is C37H40O6. The summed E-state index contributed by atoms with van der Waals surface area (Å²) in [6.07, 6.45) is -1.07. The van der Waals surface area contributed by atoms with Crippen molar-refractivity contribution in [1.29, 1.82) is 0 Å². The molecule has 1 saturated heterocycles. The summed E-state index contributed by atoms with van der Waals surface area (Å²) < 4.78 is 38.8. The van der Waals surface area contributed by atoms with Gasteiger partial charge in [0.25, 0.3) is 0 Å². The predicted molar refractivity (Wildman–Crippen MR) is 166 cm³/mol. The second-order valence-electron chi connectivity index (χ2n) is 10.4. The van der Waals surface area contributed by atoms with Gasteiger partial charge in [-0.1, -0.05) is 127 Å². The van der Waals surface area contributed by atoms with E-state index in [0.717, 1.165) is 22.3 Å². The number of hydrogen-bond acceptors (Lipinski definition) is 6. The number of benzene rings is 4. The topological polar surface area (TPSA) is 55.4 Å². The van der Waals surface area contributed by atoms with E-state index in [-0.39, 0.29) is 0 Å². The Morgan fingerprint density at radius 3 is 1.40 bits per heavy atom. The summed E-state index contributed by atoms with van der Waals surface area (Å²) >= 11 is 0. The Kier molecular flexibility index (Phi) is 12.1. The van der Waals surface area contributed by atoms with Gasteiger partial charge in [0.05, 0.1) is 39.6 Å². The zero-order valence-corrected chi connectivity index (χ0v) is 24.4. The van der Waals surface area contributed by atoms with Crippen molar-refractivity contribution < 1.29 is 28.4 Å². The Bertz CT molecular complexity index is 1320. The van der Waals surface area contributed by atoms with Crippen molar-refractivity contribution in [2.45, 2.75) is 57.1 Å². The van der Waals surface area contributed by atoms with Crippen molar-refractivity contribution in [3.8, 4) is 0 Å². The molecule has 0 spiro atoms. The largest absolute Gasteiger partial charge is 0.374 e. The van der Waals surface area contributed by atoms with Gasteiger partial charge in [0.1, 0.15) is 24.4 Å². The molecule has 224 valence electrons. The third kappa shape index (κ3) is 9.43. The molecule has 0 radical (unpaired) electrons. The molecule has 5 rings (SSSR count). The maximum atomic E-state index is 6.68. The van der Waals surface area contributed by atoms with Crippen molar-refractivity contribution >= 4 is 0 Å². The lowest BCUT2D eigenvalue weighted by atomic mass is 9.97. The van der Waals surface area contributed by atoms with E-state index in [1.165, 1.54) is 0 Å². The van der Waals surface area contributed by atoms with Crippen molar-refractivity contribution in [3.63, 3.8) is 0 Å². The van der Waals surface area contributed by atoms with Crippen molar-refractivity contribution in [3.05, 3.63) is 156 Å². The Morgan fingerprint density at radius 1 is 0.512 bits per heavy atom. The van der Waals surface area contributed by atoms with Crippen molar-refractivity contribution in [1.82, 2.24) is 0 Å². The van der Waals surface area contributed by atoms with Gasteiger partial charge in [0.15, 0.2) is 6.29 Å². The fourth-order valence-corrected chi connectivity index (χ4v) is 5.04. The van der Waals surface area contributed by atoms with Crippen LogP contribution in [-0.2, 0) is 54.8 Å². The minimum Gasteiger partial charge on any atom is -0.374 e. The highest BCUT2D eigenvalue weighted by Gasteiger charge is 2.49. The fourth-order valence-electron chi connectivity index (χ4n) is 5.04. The highest BCUT2D eigenvalue weighted by atomic mass is 16.7. The van der Waals surface area contributed by atoms with Crippen molar-refractivity contribution in [2.24, 2.45) is 0 Å². The van der Waals surface area contributed by atoms with Gasteiger partial charge in [0.2, 0.25) is 0 Å². The monoisotopic (exact) mass is 580 g/mol. The van der Waals surface area contributed by atoms with E-state index in [9.17, 15) is 0 Å². The first-order valence-electron chi connectivity index (χ1n) is 14.8. The molecule has 1 fully saturated rings. The molecule has 5 atom stereocenters. The van der Waals surface area contributed by atoms with Gasteiger partial charge in [-0.05, 0) is 22.3 Å². The molecule has 1 heterocycles. The summed E-state index contributed by atoms with van der Waals surface area (Å²) in [6, 6.07) is 40.3. The fraction of sp³-hybridized carbons (Fsp3) is 0.297. The molecule has 4 aromatic carbocycles. The SMILES string of the molecule is C=CCOC1O[C@H](COCc2ccccc2)[C@H](OCc2ccccc2)[C@H](OCc2ccccc2)[C@@H]1OCc1ccccc1. The lowest BCUT2D eigenvalue weighted by Gasteiger charge is -2.45. The Hall–Kier alpha value is -3.62. The molecule has 43 heavy (non-hydrogen) atoms. The minimum atomic E-state index is -0.718. The first-order valence-corrected chi connectivity index (χ1v) is 14.8. The zero-order chi connectivity index (χ0) is 29.5. The van der Waals surface area contributed by atoms with Gasteiger partial charge in [-0.3, -0.25) is 0 Å². The van der Waals surface area contributed by atoms with E-state index in [0.29, 0.717) is 39.6 Å². The van der Waals surface area contributed by atoms with E-state index in [2.05, 4.69) is 6.58 Å². The molecule has 6 heteroatoms. The van der Waals surface area contributed by atoms with Crippen LogP contribution in [0.1, 0.15) is 22.3 Å². The van der Waals surface area contributed by atoms with Gasteiger partial charge in [0, 0.05) is 0 Å². The van der Waals surface area contributed by atoms with Crippen LogP contribution in [0.5, 0.6) is 0 Å². The minimum absolute atomic E-state index is 0.291. The number of rotatable bonds is 16. The summed E-state index contributed by atoms with van der Waals surface area (Å²) in [4.78, 5) is 0. The van der Waals surface area contributed by atoms with Crippen LogP contribution in [0.15, 0.2) is 134 Å². The van der Waals surface area contributed by atoms with Crippen LogP contribution in [-0.4, -0.2) is 43.9 Å². The molecule has 0 saturated carbocycles. The summed E-state index contributed by atoms with van der Waals surface area (Å²) in [7, 11) is 0. The summed E-state index contributed by atoms with van der Waals surface area (Å²) in [5, 5.41) is 0. The lowest BCUT2D eigenvalue weighted by molar-refractivity contribution is -0.326. The first kappa shape index (κ1) is 30.8. The molecule has 0 aliphatic carbocycles. The molecule has 1 aliphatic heterocycles. The highest BCUT2D eigenvalue weighted by molar-refractivity contribution is 5.16. The van der Waals surface area contributed by atoms with Crippen LogP contribution in [0.3, 0.4) is 0 Å². The van der Waals surface area contributed by atoms with Gasteiger partial charge in [-0.25, -0.2) is 0 Å². The summed E-state index contributed by atoms with van der Waals surface area (Å²) in [6.45, 7) is 6.02.